The summed E-state index contributed by atoms with van der Waals surface area (Å²) in [5.41, 5.74) is 2.51. The monoisotopic (exact) mass is 235 g/mol. The predicted octanol–water partition coefficient (Wildman–Crippen LogP) is 3.46. The molecule has 1 rings (SSSR count). The summed E-state index contributed by atoms with van der Waals surface area (Å²) in [7, 11) is 0. The maximum Gasteiger partial charge on any atom is 0.122 e. The van der Waals surface area contributed by atoms with E-state index in [1.165, 1.54) is 17.5 Å². The molecule has 0 spiro atoms. The number of benzene rings is 1. The fourth-order valence-corrected chi connectivity index (χ4v) is 1.71. The molecule has 2 heteroatoms. The highest BCUT2D eigenvalue weighted by Crippen LogP contribution is 2.18. The minimum absolute atomic E-state index is 0.608. The van der Waals surface area contributed by atoms with E-state index < -0.39 is 0 Å². The van der Waals surface area contributed by atoms with Gasteiger partial charge in [-0.2, -0.15) is 0 Å². The minimum Gasteiger partial charge on any atom is -0.493 e. The lowest BCUT2D eigenvalue weighted by molar-refractivity contribution is 0.303. The van der Waals surface area contributed by atoms with Crippen molar-refractivity contribution in [3.05, 3.63) is 29.3 Å². The Morgan fingerprint density at radius 3 is 2.71 bits per heavy atom. The Kier molecular flexibility index (Phi) is 6.06. The van der Waals surface area contributed by atoms with E-state index in [9.17, 15) is 0 Å². The zero-order chi connectivity index (χ0) is 12.7. The molecule has 0 aliphatic heterocycles. The number of ether oxygens (including phenoxy) is 1. The molecule has 0 saturated heterocycles. The zero-order valence-corrected chi connectivity index (χ0v) is 11.5. The van der Waals surface area contributed by atoms with Gasteiger partial charge in [0.05, 0.1) is 6.61 Å². The lowest BCUT2D eigenvalue weighted by Crippen LogP contribution is -2.27. The van der Waals surface area contributed by atoms with Gasteiger partial charge >= 0.3 is 0 Å². The Labute approximate surface area is 105 Å². The summed E-state index contributed by atoms with van der Waals surface area (Å²) in [5.74, 6) is 1.01. The Morgan fingerprint density at radius 1 is 1.29 bits per heavy atom. The van der Waals surface area contributed by atoms with Crippen molar-refractivity contribution in [2.75, 3.05) is 13.2 Å². The quantitative estimate of drug-likeness (QED) is 0.731. The number of aryl methyl sites for hydroxylation is 2. The maximum absolute atomic E-state index is 5.77. The van der Waals surface area contributed by atoms with Gasteiger partial charge in [-0.15, -0.1) is 0 Å². The fourth-order valence-electron chi connectivity index (χ4n) is 1.71. The van der Waals surface area contributed by atoms with Crippen LogP contribution in [0.25, 0.3) is 0 Å². The standard InChI is InChI=1S/C15H25NO/c1-5-14(4)16-9-6-10-17-15-8-7-12(2)11-13(15)3/h7-8,11,14,16H,5-6,9-10H2,1-4H3/t14-/m0/s1. The van der Waals surface area contributed by atoms with E-state index in [2.05, 4.69) is 51.2 Å². The van der Waals surface area contributed by atoms with E-state index >= 15 is 0 Å². The maximum atomic E-state index is 5.77. The largest absolute Gasteiger partial charge is 0.493 e. The smallest absolute Gasteiger partial charge is 0.122 e. The molecule has 0 fully saturated rings. The van der Waals surface area contributed by atoms with Gasteiger partial charge in [0.1, 0.15) is 5.75 Å². The summed E-state index contributed by atoms with van der Waals surface area (Å²) in [5, 5.41) is 3.46. The first-order chi connectivity index (χ1) is 8.13. The third kappa shape index (κ3) is 5.22. The molecule has 1 aromatic carbocycles. The molecule has 0 aliphatic rings. The lowest BCUT2D eigenvalue weighted by Gasteiger charge is -2.12. The molecule has 0 saturated carbocycles. The van der Waals surface area contributed by atoms with E-state index in [4.69, 9.17) is 4.74 Å². The Balaban J connectivity index is 2.22. The fraction of sp³-hybridized carbons (Fsp3) is 0.600. The van der Waals surface area contributed by atoms with Gasteiger partial charge in [-0.3, -0.25) is 0 Å². The Bertz CT molecular complexity index is 336. The Morgan fingerprint density at radius 2 is 2.06 bits per heavy atom. The van der Waals surface area contributed by atoms with Crippen LogP contribution in [0.1, 0.15) is 37.8 Å². The van der Waals surface area contributed by atoms with E-state index in [1.54, 1.807) is 0 Å². The molecule has 0 aromatic heterocycles. The van der Waals surface area contributed by atoms with Gasteiger partial charge in [-0.25, -0.2) is 0 Å². The number of hydrogen-bond acceptors (Lipinski definition) is 2. The van der Waals surface area contributed by atoms with Crippen LogP contribution in [-0.4, -0.2) is 19.2 Å². The van der Waals surface area contributed by atoms with E-state index in [1.807, 2.05) is 0 Å². The molecular weight excluding hydrogens is 210 g/mol. The van der Waals surface area contributed by atoms with Crippen molar-refractivity contribution in [2.45, 2.75) is 46.6 Å². The SMILES string of the molecule is CC[C@H](C)NCCCOc1ccc(C)cc1C. The second-order valence-corrected chi connectivity index (χ2v) is 4.73. The van der Waals surface area contributed by atoms with Crippen molar-refractivity contribution in [2.24, 2.45) is 0 Å². The lowest BCUT2D eigenvalue weighted by atomic mass is 10.1. The Hall–Kier alpha value is -1.02. The van der Waals surface area contributed by atoms with Crippen molar-refractivity contribution in [1.29, 1.82) is 0 Å². The van der Waals surface area contributed by atoms with Crippen LogP contribution in [0.3, 0.4) is 0 Å². The number of nitrogens with one attached hydrogen (secondary N) is 1. The number of rotatable bonds is 7. The van der Waals surface area contributed by atoms with Crippen molar-refractivity contribution < 1.29 is 4.74 Å². The summed E-state index contributed by atoms with van der Waals surface area (Å²) < 4.78 is 5.77. The normalized spacial score (nSPS) is 12.5. The van der Waals surface area contributed by atoms with Crippen molar-refractivity contribution >= 4 is 0 Å². The van der Waals surface area contributed by atoms with E-state index in [0.717, 1.165) is 25.3 Å². The summed E-state index contributed by atoms with van der Waals surface area (Å²) in [6.07, 6.45) is 2.23. The molecule has 1 atom stereocenters. The van der Waals surface area contributed by atoms with Crippen LogP contribution in [0, 0.1) is 13.8 Å². The van der Waals surface area contributed by atoms with Crippen molar-refractivity contribution in [3.8, 4) is 5.75 Å². The molecular formula is C15H25NO. The van der Waals surface area contributed by atoms with E-state index in [-0.39, 0.29) is 0 Å². The van der Waals surface area contributed by atoms with Crippen molar-refractivity contribution in [1.82, 2.24) is 5.32 Å². The minimum atomic E-state index is 0.608. The van der Waals surface area contributed by atoms with Crippen LogP contribution >= 0.6 is 0 Å². The number of hydrogen-bond donors (Lipinski definition) is 1. The molecule has 2 nitrogen and oxygen atoms in total. The zero-order valence-electron chi connectivity index (χ0n) is 11.5. The highest BCUT2D eigenvalue weighted by Gasteiger charge is 2.00. The molecule has 17 heavy (non-hydrogen) atoms. The van der Waals surface area contributed by atoms with Crippen LogP contribution in [-0.2, 0) is 0 Å². The molecule has 0 aliphatic carbocycles. The second-order valence-electron chi connectivity index (χ2n) is 4.73. The topological polar surface area (TPSA) is 21.3 Å². The van der Waals surface area contributed by atoms with Gasteiger partial charge in [0.25, 0.3) is 0 Å². The molecule has 0 bridgehead atoms. The summed E-state index contributed by atoms with van der Waals surface area (Å²) in [6, 6.07) is 6.93. The van der Waals surface area contributed by atoms with Crippen LogP contribution in [0.5, 0.6) is 5.75 Å². The van der Waals surface area contributed by atoms with Crippen LogP contribution in [0.2, 0.25) is 0 Å². The molecule has 0 amide bonds. The summed E-state index contributed by atoms with van der Waals surface area (Å²) in [6.45, 7) is 10.4. The van der Waals surface area contributed by atoms with Crippen molar-refractivity contribution in [3.63, 3.8) is 0 Å². The van der Waals surface area contributed by atoms with Gasteiger partial charge in [-0.1, -0.05) is 24.6 Å². The molecule has 0 heterocycles. The highest BCUT2D eigenvalue weighted by atomic mass is 16.5. The summed E-state index contributed by atoms with van der Waals surface area (Å²) in [4.78, 5) is 0. The molecule has 96 valence electrons. The molecule has 0 unspecified atom stereocenters. The van der Waals surface area contributed by atoms with Gasteiger partial charge < -0.3 is 10.1 Å². The third-order valence-corrected chi connectivity index (χ3v) is 3.01. The average molecular weight is 235 g/mol. The summed E-state index contributed by atoms with van der Waals surface area (Å²) >= 11 is 0. The third-order valence-electron chi connectivity index (χ3n) is 3.01. The molecule has 0 radical (unpaired) electrons. The van der Waals surface area contributed by atoms with Gasteiger partial charge in [0.2, 0.25) is 0 Å². The molecule has 1 N–H and O–H groups in total. The second kappa shape index (κ2) is 7.33. The van der Waals surface area contributed by atoms with Gasteiger partial charge in [-0.05, 0) is 51.8 Å². The molecule has 1 aromatic rings. The predicted molar refractivity (Wildman–Crippen MR) is 73.8 cm³/mol. The van der Waals surface area contributed by atoms with Crippen LogP contribution < -0.4 is 10.1 Å². The van der Waals surface area contributed by atoms with Crippen LogP contribution in [0.4, 0.5) is 0 Å². The first kappa shape index (κ1) is 14.0. The van der Waals surface area contributed by atoms with Gasteiger partial charge in [0, 0.05) is 6.04 Å². The van der Waals surface area contributed by atoms with Crippen LogP contribution in [0.15, 0.2) is 18.2 Å². The first-order valence-corrected chi connectivity index (χ1v) is 6.57. The van der Waals surface area contributed by atoms with E-state index in [0.29, 0.717) is 6.04 Å². The average Bonchev–Trinajstić information content (AvgIpc) is 2.30. The van der Waals surface area contributed by atoms with Gasteiger partial charge in [0.15, 0.2) is 0 Å². The first-order valence-electron chi connectivity index (χ1n) is 6.57. The highest BCUT2D eigenvalue weighted by molar-refractivity contribution is 5.35.